The number of amides is 4. The summed E-state index contributed by atoms with van der Waals surface area (Å²) >= 11 is 0. The number of benzene rings is 8. The smallest absolute Gasteiger partial charge is 0.294 e. The molecule has 0 atom stereocenters. The predicted octanol–water partition coefficient (Wildman–Crippen LogP) is 14.5. The summed E-state index contributed by atoms with van der Waals surface area (Å²) in [4.78, 5) is 111. The Morgan fingerprint density at radius 3 is 1.33 bits per heavy atom. The highest BCUT2D eigenvalue weighted by molar-refractivity contribution is 6.36. The molecule has 0 radical (unpaired) electrons. The number of Topliss-reactive ketones (excluding diaryl/α,β-unsaturated/α-hetero) is 4. The van der Waals surface area contributed by atoms with Gasteiger partial charge in [0.05, 0.1) is 39.0 Å². The highest BCUT2D eigenvalue weighted by atomic mass is 19.4. The molecule has 2 heterocycles. The molecule has 8 aromatic carbocycles. The first-order chi connectivity index (χ1) is 40.6. The van der Waals surface area contributed by atoms with Crippen molar-refractivity contribution in [2.45, 2.75) is 82.5 Å². The van der Waals surface area contributed by atoms with Crippen LogP contribution in [-0.4, -0.2) is 59.1 Å². The van der Waals surface area contributed by atoms with Crippen LogP contribution in [0.1, 0.15) is 172 Å². The molecule has 422 valence electrons. The lowest BCUT2D eigenvalue weighted by Crippen LogP contribution is -2.55. The van der Waals surface area contributed by atoms with Gasteiger partial charge < -0.3 is 0 Å². The average Bonchev–Trinajstić information content (AvgIpc) is 1.75. The molecular weight excluding hydrogens is 1100 g/mol. The zero-order valence-corrected chi connectivity index (χ0v) is 45.6. The maximum atomic E-state index is 15.7. The van der Waals surface area contributed by atoms with Gasteiger partial charge in [0, 0.05) is 47.9 Å². The Morgan fingerprint density at radius 2 is 0.812 bits per heavy atom. The van der Waals surface area contributed by atoms with E-state index in [4.69, 9.17) is 0 Å². The third-order valence-electron chi connectivity index (χ3n) is 17.7. The summed E-state index contributed by atoms with van der Waals surface area (Å²) in [6.07, 6.45) is -12.3. The van der Waals surface area contributed by atoms with Gasteiger partial charge >= 0.3 is 12.4 Å². The minimum absolute atomic E-state index is 0.104. The molecule has 13 rings (SSSR count). The van der Waals surface area contributed by atoms with Crippen molar-refractivity contribution in [2.24, 2.45) is 0 Å². The zero-order valence-electron chi connectivity index (χ0n) is 45.6. The minimum Gasteiger partial charge on any atom is -0.294 e. The van der Waals surface area contributed by atoms with E-state index < -0.39 is 92.6 Å². The van der Waals surface area contributed by atoms with Gasteiger partial charge in [-0.15, -0.1) is 0 Å². The van der Waals surface area contributed by atoms with Crippen molar-refractivity contribution < 1.29 is 64.7 Å². The number of hydrogen-bond acceptors (Lipinski definition) is 8. The SMILES string of the molecule is CCc1cc(C2(c3ccc(N4C(=O)c5ccc(-c6ccc7c(c6)C(=O)CCC7=O)cc5C4=O)c(C)c3)c3ccccc3-c3ccccc32)cc(CC)c1N1C(=O)c2ccc(C(c3ccc4c(c3)C(=O)CCC4=O)(C(F)(F)F)C(F)(F)F)cc2C1=O. The van der Waals surface area contributed by atoms with Crippen LogP contribution in [0, 0.1) is 6.92 Å². The fourth-order valence-corrected chi connectivity index (χ4v) is 13.7. The zero-order chi connectivity index (χ0) is 60.0. The molecule has 85 heavy (non-hydrogen) atoms. The molecule has 0 saturated carbocycles. The van der Waals surface area contributed by atoms with Gasteiger partial charge in [0.2, 0.25) is 5.41 Å². The molecule has 0 aromatic heterocycles. The van der Waals surface area contributed by atoms with Crippen molar-refractivity contribution in [3.63, 3.8) is 0 Å². The summed E-state index contributed by atoms with van der Waals surface area (Å²) in [6, 6.07) is 38.1. The van der Waals surface area contributed by atoms with E-state index in [0.717, 1.165) is 44.2 Å². The number of halogens is 6. The second-order valence-corrected chi connectivity index (χ2v) is 22.1. The van der Waals surface area contributed by atoms with Gasteiger partial charge in [-0.3, -0.25) is 38.4 Å². The number of fused-ring (bicyclic) bond motifs is 7. The van der Waals surface area contributed by atoms with E-state index in [9.17, 15) is 38.4 Å². The van der Waals surface area contributed by atoms with Crippen molar-refractivity contribution in [3.05, 3.63) is 246 Å². The summed E-state index contributed by atoms with van der Waals surface area (Å²) < 4.78 is 93.9. The second-order valence-electron chi connectivity index (χ2n) is 22.1. The molecular formula is C69H46F6N2O8. The standard InChI is InChI=1S/C69H46F6N2O8/c1-4-36-29-43(30-37(5-2)61(36)77-63(83)49-22-17-42(34-53(49)65(77)85)67(68(70,71)72,69(73,74)75)41-16-21-47-51(33-41)60(81)27-25-58(47)79)66(54-12-8-6-10-44(54)45-11-7-9-13-55(45)66)40-18-23-56(35(3)28-40)76-62(82)48-20-15-39(32-52(48)64(76)84)38-14-19-46-50(31-38)59(80)26-24-57(46)78/h6-23,28-34H,4-5,24-27H2,1-3H3. The Bertz CT molecular complexity index is 4330. The Morgan fingerprint density at radius 1 is 0.400 bits per heavy atom. The number of carbonyl (C=O) groups is 8. The van der Waals surface area contributed by atoms with Gasteiger partial charge in [-0.2, -0.15) is 26.3 Å². The molecule has 0 bridgehead atoms. The topological polar surface area (TPSA) is 143 Å². The van der Waals surface area contributed by atoms with Crippen LogP contribution in [-0.2, 0) is 23.7 Å². The normalized spacial score (nSPS) is 16.2. The monoisotopic (exact) mass is 1140 g/mol. The van der Waals surface area contributed by atoms with Gasteiger partial charge in [-0.05, 0) is 135 Å². The van der Waals surface area contributed by atoms with Gasteiger partial charge in [-0.1, -0.05) is 123 Å². The lowest BCUT2D eigenvalue weighted by Gasteiger charge is -2.39. The lowest BCUT2D eigenvalue weighted by atomic mass is 9.66. The van der Waals surface area contributed by atoms with Crippen LogP contribution in [0.5, 0.6) is 0 Å². The van der Waals surface area contributed by atoms with Crippen LogP contribution in [0.15, 0.2) is 152 Å². The number of alkyl halides is 6. The molecule has 4 amide bonds. The predicted molar refractivity (Wildman–Crippen MR) is 303 cm³/mol. The van der Waals surface area contributed by atoms with Crippen LogP contribution in [0.3, 0.4) is 0 Å². The number of aryl methyl sites for hydroxylation is 3. The Hall–Kier alpha value is -9.70. The van der Waals surface area contributed by atoms with Gasteiger partial charge in [-0.25, -0.2) is 9.80 Å². The second kappa shape index (κ2) is 19.2. The van der Waals surface area contributed by atoms with E-state index >= 15 is 26.3 Å². The highest BCUT2D eigenvalue weighted by Gasteiger charge is 2.73. The van der Waals surface area contributed by atoms with Crippen LogP contribution in [0.4, 0.5) is 37.7 Å². The first-order valence-electron chi connectivity index (χ1n) is 27.6. The van der Waals surface area contributed by atoms with Gasteiger partial charge in [0.1, 0.15) is 0 Å². The summed E-state index contributed by atoms with van der Waals surface area (Å²) in [5, 5.41) is 0. The molecule has 0 fully saturated rings. The molecule has 5 aliphatic rings. The molecule has 3 aliphatic carbocycles. The van der Waals surface area contributed by atoms with Gasteiger partial charge in [0.25, 0.3) is 23.6 Å². The number of anilines is 2. The summed E-state index contributed by atoms with van der Waals surface area (Å²) in [5.41, 5.74) is -1.89. The van der Waals surface area contributed by atoms with Crippen molar-refractivity contribution >= 4 is 58.1 Å². The van der Waals surface area contributed by atoms with E-state index in [0.29, 0.717) is 80.0 Å². The van der Waals surface area contributed by atoms with Crippen LogP contribution in [0.2, 0.25) is 0 Å². The molecule has 0 N–H and O–H groups in total. The van der Waals surface area contributed by atoms with E-state index in [-0.39, 0.29) is 66.0 Å². The summed E-state index contributed by atoms with van der Waals surface area (Å²) in [6.45, 7) is 5.37. The average molecular weight is 1150 g/mol. The fraction of sp³-hybridized carbons (Fsp3) is 0.188. The largest absolute Gasteiger partial charge is 0.411 e. The van der Waals surface area contributed by atoms with E-state index in [1.54, 1.807) is 63.2 Å². The number of imide groups is 2. The van der Waals surface area contributed by atoms with E-state index in [2.05, 4.69) is 0 Å². The van der Waals surface area contributed by atoms with E-state index in [1.807, 2.05) is 72.8 Å². The maximum Gasteiger partial charge on any atom is 0.411 e. The number of rotatable bonds is 9. The summed E-state index contributed by atoms with van der Waals surface area (Å²) in [5.74, 6) is -4.94. The first kappa shape index (κ1) is 54.5. The quantitative estimate of drug-likeness (QED) is 0.103. The molecule has 10 nitrogen and oxygen atoms in total. The molecule has 0 unspecified atom stereocenters. The Labute approximate surface area is 481 Å². The molecule has 2 aliphatic heterocycles. The Kier molecular flexibility index (Phi) is 12.3. The number of nitrogens with zero attached hydrogens (tertiary/aromatic N) is 2. The minimum atomic E-state index is -6.13. The number of hydrogen-bond donors (Lipinski definition) is 0. The molecule has 0 spiro atoms. The van der Waals surface area contributed by atoms with Gasteiger partial charge in [0.15, 0.2) is 23.1 Å². The highest BCUT2D eigenvalue weighted by Crippen LogP contribution is 2.59. The van der Waals surface area contributed by atoms with Crippen molar-refractivity contribution in [1.82, 2.24) is 0 Å². The maximum absolute atomic E-state index is 15.7. The molecule has 0 saturated heterocycles. The summed E-state index contributed by atoms with van der Waals surface area (Å²) in [7, 11) is 0. The number of ketones is 4. The van der Waals surface area contributed by atoms with Crippen molar-refractivity contribution in [1.29, 1.82) is 0 Å². The lowest BCUT2D eigenvalue weighted by molar-refractivity contribution is -0.288. The first-order valence-corrected chi connectivity index (χ1v) is 27.6. The Balaban J connectivity index is 0.911. The molecule has 8 aromatic rings. The van der Waals surface area contributed by atoms with Crippen LogP contribution >= 0.6 is 0 Å². The van der Waals surface area contributed by atoms with Crippen LogP contribution in [0.25, 0.3) is 22.3 Å². The number of carbonyl (C=O) groups excluding carboxylic acids is 8. The fourth-order valence-electron chi connectivity index (χ4n) is 13.7. The van der Waals surface area contributed by atoms with Crippen LogP contribution < -0.4 is 9.80 Å². The van der Waals surface area contributed by atoms with Crippen molar-refractivity contribution in [3.8, 4) is 22.3 Å². The third kappa shape index (κ3) is 7.65. The van der Waals surface area contributed by atoms with E-state index in [1.165, 1.54) is 0 Å². The molecule has 16 heteroatoms. The third-order valence-corrected chi connectivity index (χ3v) is 17.7. The van der Waals surface area contributed by atoms with Crippen molar-refractivity contribution in [2.75, 3.05) is 9.80 Å².